The number of rotatable bonds is 5. The number of nitrogens with zero attached hydrogens (tertiary/aromatic N) is 4. The van der Waals surface area contributed by atoms with Gasteiger partial charge in [0.05, 0.1) is 43.7 Å². The molecule has 2 saturated heterocycles. The summed E-state index contributed by atoms with van der Waals surface area (Å²) in [5.74, 6) is 0.634. The standard InChI is InChI=1S/C17H21N5O2/c1-2-5-18-13(4-1)11-24-16-14(21-17-19-6-3-7-20-17)10-22-8-9-23-12-15(16)22/h1-7,14-16H,8-12H2,(H,19,20,21). The quantitative estimate of drug-likeness (QED) is 0.876. The number of ether oxygens (including phenoxy) is 2. The Balaban J connectivity index is 1.47. The van der Waals surface area contributed by atoms with Crippen molar-refractivity contribution >= 4 is 5.95 Å². The van der Waals surface area contributed by atoms with Crippen molar-refractivity contribution in [2.75, 3.05) is 31.6 Å². The molecule has 2 aliphatic rings. The summed E-state index contributed by atoms with van der Waals surface area (Å²) in [6.45, 7) is 3.80. The molecule has 7 nitrogen and oxygen atoms in total. The van der Waals surface area contributed by atoms with E-state index in [-0.39, 0.29) is 18.2 Å². The number of anilines is 1. The van der Waals surface area contributed by atoms with Crippen LogP contribution in [-0.2, 0) is 16.1 Å². The highest BCUT2D eigenvalue weighted by Crippen LogP contribution is 2.26. The number of nitrogens with one attached hydrogen (secondary N) is 1. The van der Waals surface area contributed by atoms with E-state index in [4.69, 9.17) is 9.47 Å². The summed E-state index contributed by atoms with van der Waals surface area (Å²) in [6, 6.07) is 8.06. The van der Waals surface area contributed by atoms with Crippen LogP contribution in [0.4, 0.5) is 5.95 Å². The van der Waals surface area contributed by atoms with Gasteiger partial charge in [0.25, 0.3) is 0 Å². The van der Waals surface area contributed by atoms with Crippen LogP contribution >= 0.6 is 0 Å². The molecule has 0 amide bonds. The maximum Gasteiger partial charge on any atom is 0.222 e. The van der Waals surface area contributed by atoms with Crippen molar-refractivity contribution in [3.63, 3.8) is 0 Å². The number of pyridine rings is 1. The van der Waals surface area contributed by atoms with Crippen molar-refractivity contribution < 1.29 is 9.47 Å². The topological polar surface area (TPSA) is 72.4 Å². The van der Waals surface area contributed by atoms with Gasteiger partial charge in [-0.1, -0.05) is 6.07 Å². The molecule has 3 unspecified atom stereocenters. The first-order valence-electron chi connectivity index (χ1n) is 8.27. The van der Waals surface area contributed by atoms with E-state index in [1.165, 1.54) is 0 Å². The second kappa shape index (κ2) is 7.21. The molecule has 2 fully saturated rings. The molecule has 2 aromatic heterocycles. The minimum Gasteiger partial charge on any atom is -0.378 e. The summed E-state index contributed by atoms with van der Waals surface area (Å²) < 4.78 is 11.9. The van der Waals surface area contributed by atoms with Crippen LogP contribution in [0.25, 0.3) is 0 Å². The minimum absolute atomic E-state index is 0.0103. The predicted molar refractivity (Wildman–Crippen MR) is 88.4 cm³/mol. The monoisotopic (exact) mass is 327 g/mol. The van der Waals surface area contributed by atoms with Gasteiger partial charge in [0.2, 0.25) is 5.95 Å². The van der Waals surface area contributed by atoms with Crippen molar-refractivity contribution in [1.82, 2.24) is 19.9 Å². The van der Waals surface area contributed by atoms with Gasteiger partial charge in [-0.2, -0.15) is 0 Å². The van der Waals surface area contributed by atoms with Crippen LogP contribution in [0.3, 0.4) is 0 Å². The summed E-state index contributed by atoms with van der Waals surface area (Å²) in [5.41, 5.74) is 0.933. The van der Waals surface area contributed by atoms with Crippen molar-refractivity contribution in [1.29, 1.82) is 0 Å². The largest absolute Gasteiger partial charge is 0.378 e. The summed E-state index contributed by atoms with van der Waals surface area (Å²) in [5, 5.41) is 3.42. The number of fused-ring (bicyclic) bond motifs is 1. The van der Waals surface area contributed by atoms with Crippen LogP contribution < -0.4 is 5.32 Å². The van der Waals surface area contributed by atoms with E-state index >= 15 is 0 Å². The van der Waals surface area contributed by atoms with Crippen LogP contribution in [0.15, 0.2) is 42.9 Å². The molecule has 0 radical (unpaired) electrons. The van der Waals surface area contributed by atoms with E-state index < -0.39 is 0 Å². The maximum absolute atomic E-state index is 6.24. The fourth-order valence-corrected chi connectivity index (χ4v) is 3.37. The summed E-state index contributed by atoms with van der Waals surface area (Å²) in [7, 11) is 0. The molecule has 7 heteroatoms. The summed E-state index contributed by atoms with van der Waals surface area (Å²) in [4.78, 5) is 15.3. The van der Waals surface area contributed by atoms with Gasteiger partial charge in [-0.05, 0) is 18.2 Å². The Bertz CT molecular complexity index is 642. The smallest absolute Gasteiger partial charge is 0.222 e. The molecule has 2 aliphatic heterocycles. The van der Waals surface area contributed by atoms with E-state index in [1.54, 1.807) is 18.6 Å². The minimum atomic E-state index is 0.0103. The third-order valence-corrected chi connectivity index (χ3v) is 4.52. The Labute approximate surface area is 141 Å². The lowest BCUT2D eigenvalue weighted by Crippen LogP contribution is -2.46. The summed E-state index contributed by atoms with van der Waals surface area (Å²) in [6.07, 6.45) is 5.28. The van der Waals surface area contributed by atoms with Crippen molar-refractivity contribution in [2.45, 2.75) is 24.8 Å². The van der Waals surface area contributed by atoms with E-state index in [0.717, 1.165) is 25.4 Å². The molecule has 126 valence electrons. The Morgan fingerprint density at radius 1 is 1.17 bits per heavy atom. The lowest BCUT2D eigenvalue weighted by Gasteiger charge is -2.32. The Morgan fingerprint density at radius 3 is 2.88 bits per heavy atom. The number of aromatic nitrogens is 3. The molecule has 0 spiro atoms. The lowest BCUT2D eigenvalue weighted by atomic mass is 10.1. The van der Waals surface area contributed by atoms with Gasteiger partial charge in [-0.15, -0.1) is 0 Å². The average molecular weight is 327 g/mol. The molecular formula is C17H21N5O2. The molecule has 3 atom stereocenters. The normalized spacial score (nSPS) is 26.9. The van der Waals surface area contributed by atoms with E-state index in [1.807, 2.05) is 24.3 Å². The second-order valence-electron chi connectivity index (χ2n) is 6.06. The van der Waals surface area contributed by atoms with Crippen LogP contribution in [0.2, 0.25) is 0 Å². The van der Waals surface area contributed by atoms with E-state index in [0.29, 0.717) is 19.2 Å². The molecule has 24 heavy (non-hydrogen) atoms. The molecular weight excluding hydrogens is 306 g/mol. The Kier molecular flexibility index (Phi) is 4.64. The van der Waals surface area contributed by atoms with Crippen molar-refractivity contribution in [2.24, 2.45) is 0 Å². The van der Waals surface area contributed by atoms with Crippen LogP contribution in [0, 0.1) is 0 Å². The fraction of sp³-hybridized carbons (Fsp3) is 0.471. The first-order valence-corrected chi connectivity index (χ1v) is 8.27. The van der Waals surface area contributed by atoms with Crippen LogP contribution in [0.1, 0.15) is 5.69 Å². The van der Waals surface area contributed by atoms with Crippen molar-refractivity contribution in [3.8, 4) is 0 Å². The SMILES string of the molecule is c1ccc(COC2C(Nc3ncccn3)CN3CCOCC23)nc1. The zero-order valence-corrected chi connectivity index (χ0v) is 13.4. The number of hydrogen-bond acceptors (Lipinski definition) is 7. The number of hydrogen-bond donors (Lipinski definition) is 1. The molecule has 1 N–H and O–H groups in total. The fourth-order valence-electron chi connectivity index (χ4n) is 3.37. The van der Waals surface area contributed by atoms with Gasteiger partial charge in [0.15, 0.2) is 0 Å². The molecule has 0 aromatic carbocycles. The number of morpholine rings is 1. The second-order valence-corrected chi connectivity index (χ2v) is 6.06. The van der Waals surface area contributed by atoms with Gasteiger partial charge in [-0.3, -0.25) is 9.88 Å². The highest BCUT2D eigenvalue weighted by atomic mass is 16.5. The van der Waals surface area contributed by atoms with Gasteiger partial charge in [0.1, 0.15) is 0 Å². The molecule has 0 saturated carbocycles. The Hall–Kier alpha value is -2.09. The average Bonchev–Trinajstić information content (AvgIpc) is 2.99. The zero-order chi connectivity index (χ0) is 16.2. The lowest BCUT2D eigenvalue weighted by molar-refractivity contribution is -0.0516. The molecule has 2 aromatic rings. The van der Waals surface area contributed by atoms with Gasteiger partial charge in [-0.25, -0.2) is 9.97 Å². The molecule has 4 rings (SSSR count). The van der Waals surface area contributed by atoms with Gasteiger partial charge >= 0.3 is 0 Å². The van der Waals surface area contributed by atoms with Gasteiger partial charge in [0, 0.05) is 31.7 Å². The summed E-state index contributed by atoms with van der Waals surface area (Å²) >= 11 is 0. The zero-order valence-electron chi connectivity index (χ0n) is 13.4. The van der Waals surface area contributed by atoms with E-state index in [9.17, 15) is 0 Å². The van der Waals surface area contributed by atoms with Crippen LogP contribution in [-0.4, -0.2) is 64.3 Å². The van der Waals surface area contributed by atoms with Crippen LogP contribution in [0.5, 0.6) is 0 Å². The molecule has 0 aliphatic carbocycles. The van der Waals surface area contributed by atoms with Crippen molar-refractivity contribution in [3.05, 3.63) is 48.5 Å². The maximum atomic E-state index is 6.24. The first kappa shape index (κ1) is 15.4. The molecule has 4 heterocycles. The first-order chi connectivity index (χ1) is 11.9. The third-order valence-electron chi connectivity index (χ3n) is 4.52. The van der Waals surface area contributed by atoms with E-state index in [2.05, 4.69) is 25.2 Å². The molecule has 0 bridgehead atoms. The third kappa shape index (κ3) is 3.38. The van der Waals surface area contributed by atoms with Gasteiger partial charge < -0.3 is 14.8 Å². The highest BCUT2D eigenvalue weighted by Gasteiger charge is 2.44. The predicted octanol–water partition coefficient (Wildman–Crippen LogP) is 0.952. The highest BCUT2D eigenvalue weighted by molar-refractivity contribution is 5.27. The Morgan fingerprint density at radius 2 is 2.04 bits per heavy atom.